The Morgan fingerprint density at radius 1 is 0.405 bits per heavy atom. The molecular formula is C32H72O4Ti. The van der Waals surface area contributed by atoms with Gasteiger partial charge in [-0.3, -0.25) is 0 Å². The fourth-order valence-electron chi connectivity index (χ4n) is 3.30. The van der Waals surface area contributed by atoms with Gasteiger partial charge in [-0.15, -0.1) is 0 Å². The number of aliphatic hydroxyl groups excluding tert-OH is 4. The van der Waals surface area contributed by atoms with Crippen LogP contribution in [0.3, 0.4) is 0 Å². The van der Waals surface area contributed by atoms with Crippen molar-refractivity contribution in [3.63, 3.8) is 0 Å². The van der Waals surface area contributed by atoms with Crippen LogP contribution in [0.2, 0.25) is 0 Å². The molecule has 4 nitrogen and oxygen atoms in total. The molecule has 0 aliphatic rings. The normalized spacial score (nSPS) is 11.0. The second kappa shape index (κ2) is 34.6. The first-order valence-electron chi connectivity index (χ1n) is 15.2. The van der Waals surface area contributed by atoms with E-state index in [1.807, 2.05) is 0 Å². The summed E-state index contributed by atoms with van der Waals surface area (Å²) in [5, 5.41) is 33.3. The SMILES string of the molecule is CC(C)(C)CCCCCCCCCO.CC(C)(C)CCCCCCCCCO.CC(C)O.CC(C)O.[Ti]. The average Bonchev–Trinajstić information content (AvgIpc) is 2.70. The van der Waals surface area contributed by atoms with Crippen LogP contribution in [0.5, 0.6) is 0 Å². The maximum Gasteiger partial charge on any atom is 0.0483 e. The van der Waals surface area contributed by atoms with Crippen molar-refractivity contribution in [3.05, 3.63) is 0 Å². The summed E-state index contributed by atoms with van der Waals surface area (Å²) in [6.45, 7) is 21.5. The van der Waals surface area contributed by atoms with Crippen molar-refractivity contribution in [1.29, 1.82) is 0 Å². The summed E-state index contributed by atoms with van der Waals surface area (Å²) in [6, 6.07) is 0. The maximum absolute atomic E-state index is 8.60. The monoisotopic (exact) mass is 568 g/mol. The third kappa shape index (κ3) is 85.8. The number of unbranched alkanes of at least 4 members (excludes halogenated alkanes) is 12. The van der Waals surface area contributed by atoms with Gasteiger partial charge in [0.1, 0.15) is 0 Å². The number of hydrogen-bond donors (Lipinski definition) is 4. The van der Waals surface area contributed by atoms with Crippen molar-refractivity contribution in [2.75, 3.05) is 13.2 Å². The summed E-state index contributed by atoms with van der Waals surface area (Å²) in [4.78, 5) is 0. The smallest absolute Gasteiger partial charge is 0.0483 e. The van der Waals surface area contributed by atoms with E-state index in [-0.39, 0.29) is 33.9 Å². The molecule has 0 aliphatic heterocycles. The molecule has 0 aromatic rings. The second-order valence-electron chi connectivity index (χ2n) is 13.2. The number of aliphatic hydroxyl groups is 4. The molecule has 0 spiro atoms. The van der Waals surface area contributed by atoms with E-state index in [1.165, 1.54) is 89.9 Å². The van der Waals surface area contributed by atoms with E-state index in [0.29, 0.717) is 24.0 Å². The molecule has 0 aliphatic carbocycles. The van der Waals surface area contributed by atoms with Crippen LogP contribution in [-0.2, 0) is 21.7 Å². The van der Waals surface area contributed by atoms with Gasteiger partial charge in [-0.2, -0.15) is 0 Å². The van der Waals surface area contributed by atoms with Gasteiger partial charge in [0.2, 0.25) is 0 Å². The molecule has 0 fully saturated rings. The Balaban J connectivity index is -0.000000140. The quantitative estimate of drug-likeness (QED) is 0.111. The van der Waals surface area contributed by atoms with Gasteiger partial charge < -0.3 is 20.4 Å². The molecule has 0 unspecified atom stereocenters. The predicted molar refractivity (Wildman–Crippen MR) is 162 cm³/mol. The van der Waals surface area contributed by atoms with Crippen LogP contribution in [0.15, 0.2) is 0 Å². The van der Waals surface area contributed by atoms with Crippen molar-refractivity contribution in [1.82, 2.24) is 0 Å². The van der Waals surface area contributed by atoms with Gasteiger partial charge in [0.15, 0.2) is 0 Å². The second-order valence-corrected chi connectivity index (χ2v) is 13.2. The standard InChI is InChI=1S/2C13H28O.2C3H8O.Ti/c2*1-13(2,3)11-9-7-5-4-6-8-10-12-14;2*1-3(2)4;/h2*14H,4-12H2,1-3H3;2*3-4H,1-2H3;. The molecule has 0 heterocycles. The Hall–Kier alpha value is 0.554. The molecule has 0 atom stereocenters. The van der Waals surface area contributed by atoms with Crippen LogP contribution >= 0.6 is 0 Å². The third-order valence-electron chi connectivity index (χ3n) is 5.17. The van der Waals surface area contributed by atoms with Crippen molar-refractivity contribution in [3.8, 4) is 0 Å². The summed E-state index contributed by atoms with van der Waals surface area (Å²) < 4.78 is 0. The third-order valence-corrected chi connectivity index (χ3v) is 5.17. The largest absolute Gasteiger partial charge is 0.396 e. The zero-order valence-electron chi connectivity index (χ0n) is 27.2. The van der Waals surface area contributed by atoms with Crippen LogP contribution in [0.4, 0.5) is 0 Å². The van der Waals surface area contributed by atoms with Crippen molar-refractivity contribution >= 4 is 0 Å². The minimum absolute atomic E-state index is 0. The van der Waals surface area contributed by atoms with Crippen LogP contribution < -0.4 is 0 Å². The van der Waals surface area contributed by atoms with Crippen molar-refractivity contribution < 1.29 is 42.1 Å². The Kier molecular flexibility index (Phi) is 44.3. The molecular weight excluding hydrogens is 496 g/mol. The number of hydrogen-bond acceptors (Lipinski definition) is 4. The molecule has 0 bridgehead atoms. The Morgan fingerprint density at radius 2 is 0.568 bits per heavy atom. The van der Waals surface area contributed by atoms with Crippen molar-refractivity contribution in [2.45, 2.75) is 184 Å². The molecule has 0 radical (unpaired) electrons. The Bertz CT molecular complexity index is 332. The van der Waals surface area contributed by atoms with E-state index in [0.717, 1.165) is 12.8 Å². The zero-order chi connectivity index (χ0) is 28.9. The topological polar surface area (TPSA) is 80.9 Å². The molecule has 0 amide bonds. The first kappa shape index (κ1) is 47.3. The van der Waals surface area contributed by atoms with Gasteiger partial charge in [-0.05, 0) is 64.2 Å². The molecule has 4 N–H and O–H groups in total. The van der Waals surface area contributed by atoms with E-state index < -0.39 is 0 Å². The van der Waals surface area contributed by atoms with E-state index in [1.54, 1.807) is 27.7 Å². The van der Waals surface area contributed by atoms with E-state index >= 15 is 0 Å². The molecule has 5 heteroatoms. The molecule has 0 rings (SSSR count). The minimum Gasteiger partial charge on any atom is -0.396 e. The van der Waals surface area contributed by atoms with Gasteiger partial charge in [0.25, 0.3) is 0 Å². The molecule has 0 saturated heterocycles. The van der Waals surface area contributed by atoms with E-state index in [4.69, 9.17) is 20.4 Å². The Morgan fingerprint density at radius 3 is 0.730 bits per heavy atom. The predicted octanol–water partition coefficient (Wildman–Crippen LogP) is 9.06. The molecule has 0 aromatic carbocycles. The molecule has 0 saturated carbocycles. The van der Waals surface area contributed by atoms with Gasteiger partial charge in [-0.25, -0.2) is 0 Å². The summed E-state index contributed by atoms with van der Waals surface area (Å²) >= 11 is 0. The van der Waals surface area contributed by atoms with Gasteiger partial charge in [0.05, 0.1) is 0 Å². The minimum atomic E-state index is -0.167. The Labute approximate surface area is 249 Å². The summed E-state index contributed by atoms with van der Waals surface area (Å²) in [6.07, 6.45) is 20.3. The van der Waals surface area contributed by atoms with Crippen LogP contribution in [-0.4, -0.2) is 45.8 Å². The fourth-order valence-corrected chi connectivity index (χ4v) is 3.30. The molecule has 37 heavy (non-hydrogen) atoms. The summed E-state index contributed by atoms with van der Waals surface area (Å²) in [5.74, 6) is 0. The molecule has 228 valence electrons. The first-order chi connectivity index (χ1) is 16.6. The van der Waals surface area contributed by atoms with Crippen LogP contribution in [0.25, 0.3) is 0 Å². The first-order valence-corrected chi connectivity index (χ1v) is 15.2. The molecule has 0 aromatic heterocycles. The maximum atomic E-state index is 8.60. The van der Waals surface area contributed by atoms with Gasteiger partial charge in [0, 0.05) is 47.1 Å². The van der Waals surface area contributed by atoms with Crippen LogP contribution in [0.1, 0.15) is 172 Å². The van der Waals surface area contributed by atoms with Gasteiger partial charge >= 0.3 is 0 Å². The van der Waals surface area contributed by atoms with Crippen LogP contribution in [0, 0.1) is 10.8 Å². The van der Waals surface area contributed by atoms with Crippen molar-refractivity contribution in [2.24, 2.45) is 10.8 Å². The average molecular weight is 569 g/mol. The zero-order valence-corrected chi connectivity index (χ0v) is 28.7. The summed E-state index contributed by atoms with van der Waals surface area (Å²) in [7, 11) is 0. The fraction of sp³-hybridized carbons (Fsp3) is 1.00. The van der Waals surface area contributed by atoms with Gasteiger partial charge in [-0.1, -0.05) is 119 Å². The number of rotatable bonds is 16. The summed E-state index contributed by atoms with van der Waals surface area (Å²) in [5.41, 5.74) is 1.02. The van der Waals surface area contributed by atoms with E-state index in [9.17, 15) is 0 Å². The van der Waals surface area contributed by atoms with E-state index in [2.05, 4.69) is 41.5 Å².